The van der Waals surface area contributed by atoms with Crippen molar-refractivity contribution in [2.75, 3.05) is 17.7 Å². The first-order valence-corrected chi connectivity index (χ1v) is 11.7. The van der Waals surface area contributed by atoms with E-state index in [1.807, 2.05) is 0 Å². The van der Waals surface area contributed by atoms with Gasteiger partial charge in [-0.15, -0.1) is 0 Å². The van der Waals surface area contributed by atoms with Crippen LogP contribution in [0.2, 0.25) is 0 Å². The van der Waals surface area contributed by atoms with Gasteiger partial charge < -0.3 is 4.74 Å². The van der Waals surface area contributed by atoms with Crippen LogP contribution in [0.3, 0.4) is 0 Å². The molecule has 9 nitrogen and oxygen atoms in total. The third kappa shape index (κ3) is 3.12. The van der Waals surface area contributed by atoms with Gasteiger partial charge in [-0.25, -0.2) is 19.7 Å². The number of ether oxygens (including phenoxy) is 1. The molecule has 4 rings (SSSR count). The first kappa shape index (κ1) is 20.9. The molecule has 0 radical (unpaired) electrons. The zero-order chi connectivity index (χ0) is 21.8. The molecule has 1 spiro atoms. The second-order valence-electron chi connectivity index (χ2n) is 9.05. The van der Waals surface area contributed by atoms with Crippen LogP contribution in [0, 0.1) is 0 Å². The molecule has 1 saturated heterocycles. The van der Waals surface area contributed by atoms with E-state index in [4.69, 9.17) is 4.74 Å². The SMILES string of the molecule is CS(=O)c1ncc2c(n1)N(C1CCCC1)C(=O)C21CCN(C(=O)OC(C)(C)C)C1=O. The van der Waals surface area contributed by atoms with E-state index in [9.17, 15) is 18.6 Å². The molecule has 3 aliphatic rings. The first-order chi connectivity index (χ1) is 14.1. The number of fused-ring (bicyclic) bond motifs is 2. The highest BCUT2D eigenvalue weighted by Gasteiger charge is 2.64. The molecule has 162 valence electrons. The Kier molecular flexibility index (Phi) is 4.95. The van der Waals surface area contributed by atoms with Crippen molar-refractivity contribution in [2.45, 2.75) is 75.1 Å². The van der Waals surface area contributed by atoms with Crippen LogP contribution in [0.1, 0.15) is 58.4 Å². The summed E-state index contributed by atoms with van der Waals surface area (Å²) in [4.78, 5) is 50.9. The Labute approximate surface area is 177 Å². The monoisotopic (exact) mass is 434 g/mol. The topological polar surface area (TPSA) is 110 Å². The molecule has 2 unspecified atom stereocenters. The molecule has 1 aliphatic carbocycles. The number of rotatable bonds is 2. The second-order valence-corrected chi connectivity index (χ2v) is 10.3. The lowest BCUT2D eigenvalue weighted by Crippen LogP contribution is -2.50. The fraction of sp³-hybridized carbons (Fsp3) is 0.650. The summed E-state index contributed by atoms with van der Waals surface area (Å²) in [6.45, 7) is 5.25. The summed E-state index contributed by atoms with van der Waals surface area (Å²) in [7, 11) is -1.43. The Balaban J connectivity index is 1.77. The van der Waals surface area contributed by atoms with Crippen LogP contribution < -0.4 is 4.90 Å². The Morgan fingerprint density at radius 3 is 2.50 bits per heavy atom. The summed E-state index contributed by atoms with van der Waals surface area (Å²) in [5.74, 6) is -0.613. The lowest BCUT2D eigenvalue weighted by atomic mass is 9.81. The van der Waals surface area contributed by atoms with Gasteiger partial charge in [0.05, 0.1) is 10.8 Å². The zero-order valence-electron chi connectivity index (χ0n) is 17.6. The van der Waals surface area contributed by atoms with Crippen molar-refractivity contribution in [2.24, 2.45) is 0 Å². The molecular weight excluding hydrogens is 408 g/mol. The quantitative estimate of drug-likeness (QED) is 0.516. The minimum atomic E-state index is -1.53. The number of imide groups is 1. The number of hydrogen-bond acceptors (Lipinski definition) is 7. The summed E-state index contributed by atoms with van der Waals surface area (Å²) in [6, 6.07) is -0.0629. The third-order valence-electron chi connectivity index (χ3n) is 5.90. The summed E-state index contributed by atoms with van der Waals surface area (Å²) >= 11 is 0. The fourth-order valence-electron chi connectivity index (χ4n) is 4.56. The van der Waals surface area contributed by atoms with Gasteiger partial charge in [0.25, 0.3) is 5.91 Å². The number of carbonyl (C=O) groups is 3. The van der Waals surface area contributed by atoms with Crippen molar-refractivity contribution in [3.8, 4) is 0 Å². The van der Waals surface area contributed by atoms with Crippen LogP contribution in [0.25, 0.3) is 0 Å². The van der Waals surface area contributed by atoms with Crippen molar-refractivity contribution in [3.63, 3.8) is 0 Å². The van der Waals surface area contributed by atoms with Gasteiger partial charge in [0.1, 0.15) is 11.4 Å². The van der Waals surface area contributed by atoms with Gasteiger partial charge in [-0.3, -0.25) is 18.7 Å². The smallest absolute Gasteiger partial charge is 0.417 e. The average molecular weight is 435 g/mol. The normalized spacial score (nSPS) is 25.3. The molecule has 3 amide bonds. The van der Waals surface area contributed by atoms with Crippen LogP contribution in [0.4, 0.5) is 10.6 Å². The maximum atomic E-state index is 13.7. The fourth-order valence-corrected chi connectivity index (χ4v) is 4.97. The van der Waals surface area contributed by atoms with E-state index >= 15 is 0 Å². The van der Waals surface area contributed by atoms with Crippen molar-refractivity contribution >= 4 is 34.5 Å². The Morgan fingerprint density at radius 2 is 1.90 bits per heavy atom. The van der Waals surface area contributed by atoms with Gasteiger partial charge in [0.15, 0.2) is 5.41 Å². The highest BCUT2D eigenvalue weighted by molar-refractivity contribution is 7.84. The standard InChI is InChI=1S/C20H26N4O5S/c1-19(2,3)29-18(27)23-10-9-20(15(23)25)13-11-21-17(30(4)28)22-14(13)24(16(20)26)12-7-5-6-8-12/h11-12H,5-10H2,1-4H3. The molecule has 1 aromatic rings. The Hall–Kier alpha value is -2.36. The largest absolute Gasteiger partial charge is 0.443 e. The van der Waals surface area contributed by atoms with E-state index in [0.29, 0.717) is 11.4 Å². The van der Waals surface area contributed by atoms with E-state index in [1.54, 1.807) is 25.7 Å². The summed E-state index contributed by atoms with van der Waals surface area (Å²) < 4.78 is 17.3. The molecule has 10 heteroatoms. The second kappa shape index (κ2) is 7.11. The summed E-state index contributed by atoms with van der Waals surface area (Å²) in [5.41, 5.74) is -1.89. The van der Waals surface area contributed by atoms with Crippen LogP contribution in [0.15, 0.2) is 11.4 Å². The van der Waals surface area contributed by atoms with Gasteiger partial charge in [-0.1, -0.05) is 12.8 Å². The lowest BCUT2D eigenvalue weighted by molar-refractivity contribution is -0.137. The molecular formula is C20H26N4O5S. The highest BCUT2D eigenvalue weighted by atomic mass is 32.2. The molecule has 2 fully saturated rings. The molecule has 1 aromatic heterocycles. The van der Waals surface area contributed by atoms with Gasteiger partial charge in [0, 0.05) is 30.6 Å². The van der Waals surface area contributed by atoms with Crippen molar-refractivity contribution in [1.29, 1.82) is 0 Å². The Morgan fingerprint density at radius 1 is 1.23 bits per heavy atom. The van der Waals surface area contributed by atoms with Crippen molar-refractivity contribution in [1.82, 2.24) is 14.9 Å². The highest BCUT2D eigenvalue weighted by Crippen LogP contribution is 2.49. The van der Waals surface area contributed by atoms with E-state index in [0.717, 1.165) is 30.6 Å². The average Bonchev–Trinajstić information content (AvgIpc) is 3.33. The number of carbonyl (C=O) groups excluding carboxylic acids is 3. The van der Waals surface area contributed by atoms with Crippen molar-refractivity contribution in [3.05, 3.63) is 11.8 Å². The van der Waals surface area contributed by atoms with Gasteiger partial charge in [-0.2, -0.15) is 0 Å². The number of aromatic nitrogens is 2. The molecule has 3 heterocycles. The number of hydrogen-bond donors (Lipinski definition) is 0. The van der Waals surface area contributed by atoms with Crippen LogP contribution in [-0.2, 0) is 30.5 Å². The minimum Gasteiger partial charge on any atom is -0.443 e. The minimum absolute atomic E-state index is 0.0629. The third-order valence-corrected chi connectivity index (χ3v) is 6.61. The van der Waals surface area contributed by atoms with Crippen LogP contribution in [-0.4, -0.2) is 61.4 Å². The maximum absolute atomic E-state index is 13.7. The van der Waals surface area contributed by atoms with E-state index in [-0.39, 0.29) is 30.1 Å². The van der Waals surface area contributed by atoms with Gasteiger partial charge >= 0.3 is 6.09 Å². The van der Waals surface area contributed by atoms with E-state index < -0.39 is 33.8 Å². The number of likely N-dealkylation sites (tertiary alicyclic amines) is 1. The molecule has 0 bridgehead atoms. The van der Waals surface area contributed by atoms with E-state index in [1.165, 1.54) is 12.5 Å². The maximum Gasteiger partial charge on any atom is 0.417 e. The number of anilines is 1. The molecule has 0 aromatic carbocycles. The zero-order valence-corrected chi connectivity index (χ0v) is 18.5. The van der Waals surface area contributed by atoms with Crippen LogP contribution in [0.5, 0.6) is 0 Å². The predicted molar refractivity (Wildman–Crippen MR) is 108 cm³/mol. The molecule has 2 atom stereocenters. The summed E-state index contributed by atoms with van der Waals surface area (Å²) in [6.07, 6.45) is 5.92. The number of nitrogens with zero attached hydrogens (tertiary/aromatic N) is 4. The molecule has 30 heavy (non-hydrogen) atoms. The van der Waals surface area contributed by atoms with Gasteiger partial charge in [0.2, 0.25) is 11.1 Å². The van der Waals surface area contributed by atoms with Gasteiger partial charge in [-0.05, 0) is 40.0 Å². The lowest BCUT2D eigenvalue weighted by Gasteiger charge is -2.27. The first-order valence-electron chi connectivity index (χ1n) is 10.2. The molecule has 2 aliphatic heterocycles. The summed E-state index contributed by atoms with van der Waals surface area (Å²) in [5, 5.41) is 0.121. The molecule has 0 N–H and O–H groups in total. The van der Waals surface area contributed by atoms with Crippen molar-refractivity contribution < 1.29 is 23.3 Å². The Bertz CT molecular complexity index is 953. The number of amides is 3. The predicted octanol–water partition coefficient (Wildman–Crippen LogP) is 1.91. The van der Waals surface area contributed by atoms with E-state index in [2.05, 4.69) is 9.97 Å². The van der Waals surface area contributed by atoms with Crippen LogP contribution >= 0.6 is 0 Å². The molecule has 1 saturated carbocycles.